The van der Waals surface area contributed by atoms with Gasteiger partial charge < -0.3 is 10.6 Å². The molecule has 0 aliphatic heterocycles. The van der Waals surface area contributed by atoms with Gasteiger partial charge in [-0.1, -0.05) is 39.7 Å². The molecular formula is C16H16BrClN2O. The van der Waals surface area contributed by atoms with Crippen molar-refractivity contribution in [2.24, 2.45) is 0 Å². The zero-order chi connectivity index (χ0) is 15.2. The number of benzene rings is 2. The fourth-order valence-electron chi connectivity index (χ4n) is 1.85. The largest absolute Gasteiger partial charge is 0.325 e. The number of aryl methyl sites for hydroxylation is 1. The van der Waals surface area contributed by atoms with Crippen molar-refractivity contribution in [2.75, 3.05) is 11.9 Å². The summed E-state index contributed by atoms with van der Waals surface area (Å²) < 4.78 is 1.03. The van der Waals surface area contributed by atoms with Crippen molar-refractivity contribution < 1.29 is 4.79 Å². The molecule has 0 fully saturated rings. The Morgan fingerprint density at radius 2 is 1.90 bits per heavy atom. The first-order valence-corrected chi connectivity index (χ1v) is 7.73. The highest BCUT2D eigenvalue weighted by Crippen LogP contribution is 2.19. The normalized spacial score (nSPS) is 10.4. The Kier molecular flexibility index (Phi) is 5.79. The molecule has 0 atom stereocenters. The summed E-state index contributed by atoms with van der Waals surface area (Å²) in [7, 11) is 0. The van der Waals surface area contributed by atoms with Gasteiger partial charge in [-0.25, -0.2) is 0 Å². The smallest absolute Gasteiger partial charge is 0.238 e. The minimum atomic E-state index is -0.0642. The van der Waals surface area contributed by atoms with Gasteiger partial charge in [0.05, 0.1) is 6.54 Å². The second-order valence-corrected chi connectivity index (χ2v) is 6.03. The van der Waals surface area contributed by atoms with E-state index < -0.39 is 0 Å². The third kappa shape index (κ3) is 5.16. The molecule has 0 bridgehead atoms. The van der Waals surface area contributed by atoms with Crippen LogP contribution in [0.15, 0.2) is 46.9 Å². The molecule has 0 unspecified atom stereocenters. The summed E-state index contributed by atoms with van der Waals surface area (Å²) in [6.07, 6.45) is 0. The number of rotatable bonds is 5. The lowest BCUT2D eigenvalue weighted by molar-refractivity contribution is -0.115. The molecule has 0 spiro atoms. The van der Waals surface area contributed by atoms with Crippen LogP contribution in [0.3, 0.4) is 0 Å². The van der Waals surface area contributed by atoms with E-state index in [1.165, 1.54) is 0 Å². The van der Waals surface area contributed by atoms with E-state index in [2.05, 4.69) is 26.6 Å². The topological polar surface area (TPSA) is 41.1 Å². The number of nitrogens with one attached hydrogen (secondary N) is 2. The highest BCUT2D eigenvalue weighted by molar-refractivity contribution is 9.10. The van der Waals surface area contributed by atoms with Crippen molar-refractivity contribution in [3.05, 3.63) is 63.1 Å². The third-order valence-corrected chi connectivity index (χ3v) is 4.11. The van der Waals surface area contributed by atoms with E-state index in [0.717, 1.165) is 21.3 Å². The van der Waals surface area contributed by atoms with Crippen LogP contribution < -0.4 is 10.6 Å². The van der Waals surface area contributed by atoms with Crippen molar-refractivity contribution in [3.8, 4) is 0 Å². The van der Waals surface area contributed by atoms with Gasteiger partial charge in [-0.2, -0.15) is 0 Å². The standard InChI is InChI=1S/C16H16BrClN2O/c1-11-8-14(6-7-15(11)17)20-16(21)10-19-9-12-2-4-13(18)5-3-12/h2-8,19H,9-10H2,1H3,(H,20,21). The maximum absolute atomic E-state index is 11.8. The number of hydrogen-bond donors (Lipinski definition) is 2. The van der Waals surface area contributed by atoms with Gasteiger partial charge in [0.2, 0.25) is 5.91 Å². The van der Waals surface area contributed by atoms with Gasteiger partial charge in [0.1, 0.15) is 0 Å². The van der Waals surface area contributed by atoms with E-state index in [1.807, 2.05) is 49.4 Å². The fraction of sp³-hybridized carbons (Fsp3) is 0.188. The minimum absolute atomic E-state index is 0.0642. The summed E-state index contributed by atoms with van der Waals surface area (Å²) in [5.74, 6) is -0.0642. The molecule has 1 amide bonds. The lowest BCUT2D eigenvalue weighted by atomic mass is 10.2. The molecule has 0 aliphatic carbocycles. The second-order valence-electron chi connectivity index (χ2n) is 4.74. The molecule has 21 heavy (non-hydrogen) atoms. The lowest BCUT2D eigenvalue weighted by Crippen LogP contribution is -2.27. The summed E-state index contributed by atoms with van der Waals surface area (Å²) >= 11 is 9.26. The highest BCUT2D eigenvalue weighted by atomic mass is 79.9. The molecule has 110 valence electrons. The van der Waals surface area contributed by atoms with Crippen LogP contribution in [0, 0.1) is 6.92 Å². The number of halogens is 2. The molecule has 0 heterocycles. The van der Waals surface area contributed by atoms with Crippen LogP contribution in [0.25, 0.3) is 0 Å². The highest BCUT2D eigenvalue weighted by Gasteiger charge is 2.03. The summed E-state index contributed by atoms with van der Waals surface area (Å²) in [6, 6.07) is 13.3. The van der Waals surface area contributed by atoms with Crippen LogP contribution in [0.4, 0.5) is 5.69 Å². The lowest BCUT2D eigenvalue weighted by Gasteiger charge is -2.08. The average molecular weight is 368 g/mol. The first-order chi connectivity index (χ1) is 10.0. The van der Waals surface area contributed by atoms with E-state index in [-0.39, 0.29) is 12.5 Å². The molecule has 2 aromatic carbocycles. The van der Waals surface area contributed by atoms with Crippen LogP contribution >= 0.6 is 27.5 Å². The molecule has 0 saturated heterocycles. The van der Waals surface area contributed by atoms with Gasteiger partial charge >= 0.3 is 0 Å². The maximum Gasteiger partial charge on any atom is 0.238 e. The first kappa shape index (κ1) is 16.0. The van der Waals surface area contributed by atoms with Gasteiger partial charge in [0.15, 0.2) is 0 Å². The van der Waals surface area contributed by atoms with Gasteiger partial charge in [-0.3, -0.25) is 4.79 Å². The van der Waals surface area contributed by atoms with E-state index in [0.29, 0.717) is 11.6 Å². The van der Waals surface area contributed by atoms with Crippen molar-refractivity contribution >= 4 is 39.1 Å². The molecule has 0 saturated carbocycles. The molecule has 3 nitrogen and oxygen atoms in total. The van der Waals surface area contributed by atoms with Gasteiger partial charge in [-0.15, -0.1) is 0 Å². The van der Waals surface area contributed by atoms with E-state index >= 15 is 0 Å². The van der Waals surface area contributed by atoms with Crippen molar-refractivity contribution in [1.82, 2.24) is 5.32 Å². The van der Waals surface area contributed by atoms with Crippen LogP contribution in [0.1, 0.15) is 11.1 Å². The molecule has 0 radical (unpaired) electrons. The Morgan fingerprint density at radius 1 is 1.19 bits per heavy atom. The molecule has 0 aromatic heterocycles. The van der Waals surface area contributed by atoms with Crippen molar-refractivity contribution in [1.29, 1.82) is 0 Å². The van der Waals surface area contributed by atoms with Crippen molar-refractivity contribution in [2.45, 2.75) is 13.5 Å². The summed E-state index contributed by atoms with van der Waals surface area (Å²) in [5.41, 5.74) is 2.97. The van der Waals surface area contributed by atoms with E-state index in [1.54, 1.807) is 0 Å². The molecule has 0 aliphatic rings. The second kappa shape index (κ2) is 7.59. The van der Waals surface area contributed by atoms with Crippen LogP contribution in [0.2, 0.25) is 5.02 Å². The Bertz CT molecular complexity index is 629. The molecule has 2 aromatic rings. The summed E-state index contributed by atoms with van der Waals surface area (Å²) in [6.45, 7) is 2.88. The Morgan fingerprint density at radius 3 is 2.57 bits per heavy atom. The Balaban J connectivity index is 1.79. The number of anilines is 1. The van der Waals surface area contributed by atoms with Crippen molar-refractivity contribution in [3.63, 3.8) is 0 Å². The SMILES string of the molecule is Cc1cc(NC(=O)CNCc2ccc(Cl)cc2)ccc1Br. The maximum atomic E-state index is 11.8. The molecular weight excluding hydrogens is 352 g/mol. The Hall–Kier alpha value is -1.36. The minimum Gasteiger partial charge on any atom is -0.325 e. The number of amides is 1. The monoisotopic (exact) mass is 366 g/mol. The Labute approximate surface area is 137 Å². The van der Waals surface area contributed by atoms with Gasteiger partial charge in [0, 0.05) is 21.7 Å². The summed E-state index contributed by atoms with van der Waals surface area (Å²) in [5, 5.41) is 6.68. The number of carbonyl (C=O) groups is 1. The average Bonchev–Trinajstić information content (AvgIpc) is 2.45. The van der Waals surface area contributed by atoms with Gasteiger partial charge in [-0.05, 0) is 48.4 Å². The molecule has 5 heteroatoms. The molecule has 2 N–H and O–H groups in total. The fourth-order valence-corrected chi connectivity index (χ4v) is 2.22. The predicted molar refractivity (Wildman–Crippen MR) is 90.7 cm³/mol. The van der Waals surface area contributed by atoms with Crippen LogP contribution in [-0.4, -0.2) is 12.5 Å². The van der Waals surface area contributed by atoms with Gasteiger partial charge in [0.25, 0.3) is 0 Å². The third-order valence-electron chi connectivity index (χ3n) is 2.97. The zero-order valence-electron chi connectivity index (χ0n) is 11.6. The predicted octanol–water partition coefficient (Wildman–Crippen LogP) is 4.14. The van der Waals surface area contributed by atoms with Crippen LogP contribution in [0.5, 0.6) is 0 Å². The number of hydrogen-bond acceptors (Lipinski definition) is 2. The summed E-state index contributed by atoms with van der Waals surface area (Å²) in [4.78, 5) is 11.8. The quantitative estimate of drug-likeness (QED) is 0.834. The molecule has 2 rings (SSSR count). The van der Waals surface area contributed by atoms with E-state index in [4.69, 9.17) is 11.6 Å². The number of carbonyl (C=O) groups excluding carboxylic acids is 1. The van der Waals surface area contributed by atoms with Crippen LogP contribution in [-0.2, 0) is 11.3 Å². The zero-order valence-corrected chi connectivity index (χ0v) is 14.0. The first-order valence-electron chi connectivity index (χ1n) is 6.56. The van der Waals surface area contributed by atoms with E-state index in [9.17, 15) is 4.79 Å².